The minimum atomic E-state index is 0.843. The summed E-state index contributed by atoms with van der Waals surface area (Å²) < 4.78 is 5.05. The molecule has 2 aromatic carbocycles. The highest BCUT2D eigenvalue weighted by molar-refractivity contribution is 9.10. The van der Waals surface area contributed by atoms with Crippen molar-refractivity contribution < 1.29 is 0 Å². The van der Waals surface area contributed by atoms with Crippen LogP contribution in [0, 0.1) is 0 Å². The van der Waals surface area contributed by atoms with Crippen LogP contribution < -0.4 is 5.73 Å². The first-order valence-electron chi connectivity index (χ1n) is 4.84. The minimum Gasteiger partial charge on any atom is -0.389 e. The third kappa shape index (κ3) is 2.57. The second-order valence-electron chi connectivity index (χ2n) is 3.32. The van der Waals surface area contributed by atoms with Crippen molar-refractivity contribution in [2.45, 2.75) is 5.75 Å². The van der Waals surface area contributed by atoms with Crippen LogP contribution in [0.2, 0.25) is 0 Å². The number of benzene rings is 2. The van der Waals surface area contributed by atoms with Crippen LogP contribution in [-0.2, 0) is 5.75 Å². The molecule has 0 aromatic heterocycles. The summed E-state index contributed by atoms with van der Waals surface area (Å²) in [6, 6.07) is 12.6. The van der Waals surface area contributed by atoms with E-state index in [1.54, 1.807) is 0 Å². The zero-order valence-corrected chi connectivity index (χ0v) is 11.0. The van der Waals surface area contributed by atoms with E-state index in [4.69, 9.17) is 5.73 Å². The normalized spacial score (nSPS) is 11.3. The molecule has 0 aliphatic carbocycles. The van der Waals surface area contributed by atoms with E-state index in [2.05, 4.69) is 50.7 Å². The smallest absolute Gasteiger partial charge is 0.0937 e. The van der Waals surface area contributed by atoms with Crippen molar-refractivity contribution in [2.75, 3.05) is 0 Å². The zero-order chi connectivity index (χ0) is 11.4. The van der Waals surface area contributed by atoms with Crippen molar-refractivity contribution in [2.24, 2.45) is 10.1 Å². The molecule has 82 valence electrons. The van der Waals surface area contributed by atoms with Gasteiger partial charge in [0.05, 0.1) is 6.34 Å². The molecule has 0 spiro atoms. The summed E-state index contributed by atoms with van der Waals surface area (Å²) in [6.07, 6.45) is 1.32. The number of nitrogens with zero attached hydrogens (tertiary/aromatic N) is 1. The number of rotatable bonds is 3. The van der Waals surface area contributed by atoms with Gasteiger partial charge in [-0.2, -0.15) is 0 Å². The second-order valence-corrected chi connectivity index (χ2v) is 4.94. The van der Waals surface area contributed by atoms with E-state index in [1.165, 1.54) is 34.6 Å². The van der Waals surface area contributed by atoms with Gasteiger partial charge in [-0.25, -0.2) is 4.40 Å². The van der Waals surface area contributed by atoms with E-state index in [9.17, 15) is 0 Å². The SMILES string of the molecule is N/C=N\SCc1ccc2c(Br)cccc2c1. The van der Waals surface area contributed by atoms with E-state index in [-0.39, 0.29) is 0 Å². The van der Waals surface area contributed by atoms with E-state index < -0.39 is 0 Å². The minimum absolute atomic E-state index is 0.843. The average Bonchev–Trinajstić information content (AvgIpc) is 2.30. The maximum Gasteiger partial charge on any atom is 0.0937 e. The zero-order valence-electron chi connectivity index (χ0n) is 8.56. The van der Waals surface area contributed by atoms with Gasteiger partial charge >= 0.3 is 0 Å². The van der Waals surface area contributed by atoms with Gasteiger partial charge in [0.25, 0.3) is 0 Å². The van der Waals surface area contributed by atoms with E-state index in [0.717, 1.165) is 10.2 Å². The number of fused-ring (bicyclic) bond motifs is 1. The van der Waals surface area contributed by atoms with Gasteiger partial charge < -0.3 is 5.73 Å². The standard InChI is InChI=1S/C12H11BrN2S/c13-12-3-1-2-10-6-9(4-5-11(10)12)7-16-15-8-14/h1-6,8H,7H2,(H2,14,15). The molecular weight excluding hydrogens is 284 g/mol. The molecule has 0 atom stereocenters. The lowest BCUT2D eigenvalue weighted by atomic mass is 10.1. The van der Waals surface area contributed by atoms with Gasteiger partial charge in [0.2, 0.25) is 0 Å². The molecule has 0 radical (unpaired) electrons. The van der Waals surface area contributed by atoms with Crippen LogP contribution in [0.4, 0.5) is 0 Å². The summed E-state index contributed by atoms with van der Waals surface area (Å²) in [5.74, 6) is 0.843. The molecule has 0 aliphatic heterocycles. The molecule has 0 saturated carbocycles. The molecule has 0 amide bonds. The van der Waals surface area contributed by atoms with Crippen LogP contribution >= 0.6 is 27.9 Å². The Morgan fingerprint density at radius 1 is 1.31 bits per heavy atom. The van der Waals surface area contributed by atoms with E-state index in [0.29, 0.717) is 0 Å². The molecule has 0 heterocycles. The van der Waals surface area contributed by atoms with Crippen LogP contribution in [-0.4, -0.2) is 6.34 Å². The van der Waals surface area contributed by atoms with Crippen LogP contribution in [0.5, 0.6) is 0 Å². The predicted molar refractivity (Wildman–Crippen MR) is 75.6 cm³/mol. The highest BCUT2D eigenvalue weighted by Crippen LogP contribution is 2.25. The topological polar surface area (TPSA) is 38.4 Å². The van der Waals surface area contributed by atoms with Crippen molar-refractivity contribution in [3.8, 4) is 0 Å². The molecule has 0 bridgehead atoms. The van der Waals surface area contributed by atoms with Gasteiger partial charge in [-0.15, -0.1) is 0 Å². The Bertz CT molecular complexity index is 525. The van der Waals surface area contributed by atoms with Crippen LogP contribution in [0.3, 0.4) is 0 Å². The summed E-state index contributed by atoms with van der Waals surface area (Å²) in [5.41, 5.74) is 6.44. The van der Waals surface area contributed by atoms with Gasteiger partial charge in [0.1, 0.15) is 0 Å². The largest absolute Gasteiger partial charge is 0.389 e. The third-order valence-electron chi connectivity index (χ3n) is 2.26. The Kier molecular flexibility index (Phi) is 3.85. The maximum atomic E-state index is 5.18. The molecule has 0 saturated heterocycles. The molecular formula is C12H11BrN2S. The van der Waals surface area contributed by atoms with Crippen molar-refractivity contribution in [1.29, 1.82) is 0 Å². The second kappa shape index (κ2) is 5.37. The lowest BCUT2D eigenvalue weighted by Crippen LogP contribution is -1.86. The Balaban J connectivity index is 2.30. The quantitative estimate of drug-likeness (QED) is 0.532. The van der Waals surface area contributed by atoms with Crippen molar-refractivity contribution >= 4 is 45.0 Å². The Morgan fingerprint density at radius 2 is 2.19 bits per heavy atom. The molecule has 2 N–H and O–H groups in total. The van der Waals surface area contributed by atoms with Crippen molar-refractivity contribution in [3.05, 3.63) is 46.4 Å². The maximum absolute atomic E-state index is 5.18. The summed E-state index contributed by atoms with van der Waals surface area (Å²) in [4.78, 5) is 0. The number of hydrogen-bond donors (Lipinski definition) is 1. The monoisotopic (exact) mass is 294 g/mol. The number of nitrogens with two attached hydrogens (primary N) is 1. The Labute approximate surface area is 107 Å². The van der Waals surface area contributed by atoms with E-state index in [1.807, 2.05) is 6.07 Å². The highest BCUT2D eigenvalue weighted by atomic mass is 79.9. The fourth-order valence-electron chi connectivity index (χ4n) is 1.54. The molecule has 2 rings (SSSR count). The van der Waals surface area contributed by atoms with Gasteiger partial charge in [-0.1, -0.05) is 46.3 Å². The molecule has 0 aliphatic rings. The van der Waals surface area contributed by atoms with Crippen LogP contribution in [0.25, 0.3) is 10.8 Å². The summed E-state index contributed by atoms with van der Waals surface area (Å²) in [6.45, 7) is 0. The summed E-state index contributed by atoms with van der Waals surface area (Å²) in [5, 5.41) is 2.47. The Morgan fingerprint density at radius 3 is 3.00 bits per heavy atom. The molecule has 16 heavy (non-hydrogen) atoms. The van der Waals surface area contributed by atoms with Gasteiger partial charge in [-0.05, 0) is 34.4 Å². The first-order valence-corrected chi connectivity index (χ1v) is 6.57. The lowest BCUT2D eigenvalue weighted by molar-refractivity contribution is 1.43. The predicted octanol–water partition coefficient (Wildman–Crippen LogP) is 3.74. The van der Waals surface area contributed by atoms with Crippen molar-refractivity contribution in [3.63, 3.8) is 0 Å². The summed E-state index contributed by atoms with van der Waals surface area (Å²) >= 11 is 4.99. The number of hydrogen-bond acceptors (Lipinski definition) is 2. The molecule has 4 heteroatoms. The molecule has 2 nitrogen and oxygen atoms in total. The fourth-order valence-corrected chi connectivity index (χ4v) is 2.54. The first kappa shape index (κ1) is 11.5. The number of halogens is 1. The lowest BCUT2D eigenvalue weighted by Gasteiger charge is -2.03. The molecule has 2 aromatic rings. The van der Waals surface area contributed by atoms with Crippen LogP contribution in [0.15, 0.2) is 45.3 Å². The highest BCUT2D eigenvalue weighted by Gasteiger charge is 1.99. The van der Waals surface area contributed by atoms with E-state index >= 15 is 0 Å². The van der Waals surface area contributed by atoms with Gasteiger partial charge in [-0.3, -0.25) is 0 Å². The van der Waals surface area contributed by atoms with Crippen molar-refractivity contribution in [1.82, 2.24) is 0 Å². The summed E-state index contributed by atoms with van der Waals surface area (Å²) in [7, 11) is 0. The van der Waals surface area contributed by atoms with Gasteiger partial charge in [0.15, 0.2) is 0 Å². The van der Waals surface area contributed by atoms with Crippen LogP contribution in [0.1, 0.15) is 5.56 Å². The third-order valence-corrected chi connectivity index (χ3v) is 3.68. The first-order chi connectivity index (χ1) is 7.81. The van der Waals surface area contributed by atoms with Gasteiger partial charge in [0, 0.05) is 10.2 Å². The molecule has 0 fully saturated rings. The fraction of sp³-hybridized carbons (Fsp3) is 0.0833. The average molecular weight is 295 g/mol. The molecule has 0 unspecified atom stereocenters. The Hall–Kier alpha value is -1.00.